The topological polar surface area (TPSA) is 62.0 Å². The van der Waals surface area contributed by atoms with E-state index in [2.05, 4.69) is 4.99 Å². The molecule has 2 atom stereocenters. The predicted molar refractivity (Wildman–Crippen MR) is 70.6 cm³/mol. The largest absolute Gasteiger partial charge is 0.394 e. The first kappa shape index (κ1) is 13.0. The highest BCUT2D eigenvalue weighted by molar-refractivity contribution is 5.76. The smallest absolute Gasteiger partial charge is 0.197 e. The zero-order valence-electron chi connectivity index (χ0n) is 10.3. The lowest BCUT2D eigenvalue weighted by atomic mass is 9.83. The van der Waals surface area contributed by atoms with E-state index in [0.717, 1.165) is 11.1 Å². The van der Waals surface area contributed by atoms with Crippen LogP contribution in [0.5, 0.6) is 0 Å². The SMILES string of the molecule is COC1(O)C=Cc2ccccc2C1/C=N/CCO. The van der Waals surface area contributed by atoms with Crippen molar-refractivity contribution in [1.29, 1.82) is 0 Å². The van der Waals surface area contributed by atoms with Crippen LogP contribution in [0.15, 0.2) is 35.3 Å². The molecule has 0 amide bonds. The van der Waals surface area contributed by atoms with Crippen LogP contribution < -0.4 is 0 Å². The van der Waals surface area contributed by atoms with Crippen molar-refractivity contribution in [3.05, 3.63) is 41.5 Å². The molecule has 0 fully saturated rings. The van der Waals surface area contributed by atoms with Crippen molar-refractivity contribution in [2.24, 2.45) is 4.99 Å². The second-order valence-corrected chi connectivity index (χ2v) is 4.17. The van der Waals surface area contributed by atoms with Gasteiger partial charge in [0.1, 0.15) is 0 Å². The number of methoxy groups -OCH3 is 1. The van der Waals surface area contributed by atoms with Gasteiger partial charge in [0.2, 0.25) is 0 Å². The van der Waals surface area contributed by atoms with Crippen LogP contribution in [0.2, 0.25) is 0 Å². The van der Waals surface area contributed by atoms with Crippen LogP contribution in [0.25, 0.3) is 6.08 Å². The molecular weight excluding hydrogens is 230 g/mol. The average molecular weight is 247 g/mol. The molecule has 0 bridgehead atoms. The van der Waals surface area contributed by atoms with E-state index >= 15 is 0 Å². The van der Waals surface area contributed by atoms with Gasteiger partial charge in [-0.3, -0.25) is 4.99 Å². The Bertz CT molecular complexity index is 470. The number of hydrogen-bond donors (Lipinski definition) is 2. The van der Waals surface area contributed by atoms with E-state index in [9.17, 15) is 5.11 Å². The molecule has 4 heteroatoms. The quantitative estimate of drug-likeness (QED) is 0.620. The first-order valence-electron chi connectivity index (χ1n) is 5.88. The van der Waals surface area contributed by atoms with E-state index in [0.29, 0.717) is 6.54 Å². The van der Waals surface area contributed by atoms with Crippen molar-refractivity contribution in [2.75, 3.05) is 20.3 Å². The Morgan fingerprint density at radius 3 is 2.94 bits per heavy atom. The van der Waals surface area contributed by atoms with Gasteiger partial charge in [-0.15, -0.1) is 0 Å². The first-order chi connectivity index (χ1) is 8.71. The predicted octanol–water partition coefficient (Wildman–Crippen LogP) is 1.20. The normalized spacial score (nSPS) is 26.5. The molecule has 18 heavy (non-hydrogen) atoms. The van der Waals surface area contributed by atoms with Crippen molar-refractivity contribution in [1.82, 2.24) is 0 Å². The summed E-state index contributed by atoms with van der Waals surface area (Å²) in [5.74, 6) is -1.75. The van der Waals surface area contributed by atoms with E-state index in [1.807, 2.05) is 30.3 Å². The Hall–Kier alpha value is -1.49. The summed E-state index contributed by atoms with van der Waals surface area (Å²) in [6, 6.07) is 7.79. The highest BCUT2D eigenvalue weighted by Gasteiger charge is 2.37. The number of rotatable bonds is 4. The molecule has 0 aromatic heterocycles. The Balaban J connectivity index is 2.39. The number of hydrogen-bond acceptors (Lipinski definition) is 4. The molecule has 0 saturated carbocycles. The molecule has 0 radical (unpaired) electrons. The monoisotopic (exact) mass is 247 g/mol. The van der Waals surface area contributed by atoms with E-state index in [4.69, 9.17) is 9.84 Å². The van der Waals surface area contributed by atoms with Gasteiger partial charge in [-0.05, 0) is 17.2 Å². The fourth-order valence-corrected chi connectivity index (χ4v) is 2.10. The Morgan fingerprint density at radius 2 is 2.22 bits per heavy atom. The van der Waals surface area contributed by atoms with E-state index < -0.39 is 5.79 Å². The molecule has 0 aliphatic heterocycles. The molecule has 2 unspecified atom stereocenters. The van der Waals surface area contributed by atoms with Crippen LogP contribution >= 0.6 is 0 Å². The third-order valence-corrected chi connectivity index (χ3v) is 3.09. The minimum Gasteiger partial charge on any atom is -0.394 e. The van der Waals surface area contributed by atoms with Crippen molar-refractivity contribution in [3.8, 4) is 0 Å². The summed E-state index contributed by atoms with van der Waals surface area (Å²) in [6.45, 7) is 0.314. The molecule has 0 saturated heterocycles. The maximum atomic E-state index is 10.4. The molecule has 0 spiro atoms. The second-order valence-electron chi connectivity index (χ2n) is 4.17. The standard InChI is InChI=1S/C14H17NO3/c1-18-14(17)7-6-11-4-2-3-5-12(11)13(14)10-15-8-9-16/h2-7,10,13,16-17H,8-9H2,1H3/b15-10+. The summed E-state index contributed by atoms with van der Waals surface area (Å²) in [6.07, 6.45) is 5.11. The summed E-state index contributed by atoms with van der Waals surface area (Å²) < 4.78 is 5.19. The van der Waals surface area contributed by atoms with E-state index in [-0.39, 0.29) is 12.5 Å². The Kier molecular flexibility index (Phi) is 3.91. The Labute approximate surface area is 106 Å². The Morgan fingerprint density at radius 1 is 1.44 bits per heavy atom. The summed E-state index contributed by atoms with van der Waals surface area (Å²) in [5.41, 5.74) is 2.01. The first-order valence-corrected chi connectivity index (χ1v) is 5.88. The molecule has 0 heterocycles. The van der Waals surface area contributed by atoms with Crippen LogP contribution in [-0.2, 0) is 4.74 Å². The summed E-state index contributed by atoms with van der Waals surface area (Å²) in [5, 5.41) is 19.2. The van der Waals surface area contributed by atoms with Crippen LogP contribution in [0.3, 0.4) is 0 Å². The van der Waals surface area contributed by atoms with Gasteiger partial charge in [0.15, 0.2) is 5.79 Å². The van der Waals surface area contributed by atoms with E-state index in [1.165, 1.54) is 7.11 Å². The zero-order valence-corrected chi connectivity index (χ0v) is 10.3. The van der Waals surface area contributed by atoms with Crippen LogP contribution in [0.1, 0.15) is 17.0 Å². The maximum absolute atomic E-state index is 10.4. The molecule has 1 aromatic carbocycles. The van der Waals surface area contributed by atoms with Crippen molar-refractivity contribution in [2.45, 2.75) is 11.7 Å². The van der Waals surface area contributed by atoms with Crippen molar-refractivity contribution >= 4 is 12.3 Å². The minimum absolute atomic E-state index is 0.00782. The van der Waals surface area contributed by atoms with Gasteiger partial charge in [-0.2, -0.15) is 0 Å². The third-order valence-electron chi connectivity index (χ3n) is 3.09. The number of aliphatic imine (C=N–C) groups is 1. The van der Waals surface area contributed by atoms with Gasteiger partial charge in [-0.25, -0.2) is 0 Å². The number of benzene rings is 1. The summed E-state index contributed by atoms with van der Waals surface area (Å²) in [7, 11) is 1.46. The van der Waals surface area contributed by atoms with Crippen molar-refractivity contribution < 1.29 is 14.9 Å². The van der Waals surface area contributed by atoms with E-state index in [1.54, 1.807) is 12.3 Å². The van der Waals surface area contributed by atoms with Gasteiger partial charge in [-0.1, -0.05) is 30.3 Å². The zero-order chi connectivity index (χ0) is 13.0. The van der Waals surface area contributed by atoms with Crippen LogP contribution in [0.4, 0.5) is 0 Å². The van der Waals surface area contributed by atoms with Gasteiger partial charge in [0.05, 0.1) is 19.1 Å². The molecular formula is C14H17NO3. The highest BCUT2D eigenvalue weighted by atomic mass is 16.6. The van der Waals surface area contributed by atoms with Crippen LogP contribution in [0, 0.1) is 0 Å². The third kappa shape index (κ3) is 2.36. The second kappa shape index (κ2) is 5.44. The molecule has 2 N–H and O–H groups in total. The highest BCUT2D eigenvalue weighted by Crippen LogP contribution is 2.36. The van der Waals surface area contributed by atoms with Gasteiger partial charge in [0.25, 0.3) is 0 Å². The van der Waals surface area contributed by atoms with Crippen molar-refractivity contribution in [3.63, 3.8) is 0 Å². The maximum Gasteiger partial charge on any atom is 0.197 e. The molecule has 1 aromatic rings. The molecule has 96 valence electrons. The molecule has 1 aliphatic carbocycles. The number of aliphatic hydroxyl groups is 2. The summed E-state index contributed by atoms with van der Waals surface area (Å²) >= 11 is 0. The number of fused-ring (bicyclic) bond motifs is 1. The molecule has 1 aliphatic rings. The number of ether oxygens (including phenoxy) is 1. The molecule has 4 nitrogen and oxygen atoms in total. The minimum atomic E-state index is -1.38. The lowest BCUT2D eigenvalue weighted by molar-refractivity contribution is -0.150. The summed E-state index contributed by atoms with van der Waals surface area (Å²) in [4.78, 5) is 4.11. The molecule has 2 rings (SSSR count). The number of aliphatic hydroxyl groups excluding tert-OH is 1. The fraction of sp³-hybridized carbons (Fsp3) is 0.357. The van der Waals surface area contributed by atoms with Gasteiger partial charge in [0, 0.05) is 13.3 Å². The number of nitrogens with zero attached hydrogens (tertiary/aromatic N) is 1. The van der Waals surface area contributed by atoms with Crippen LogP contribution in [-0.4, -0.2) is 42.5 Å². The van der Waals surface area contributed by atoms with Gasteiger partial charge < -0.3 is 14.9 Å². The average Bonchev–Trinajstić information content (AvgIpc) is 2.41. The lowest BCUT2D eigenvalue weighted by Crippen LogP contribution is -2.39. The lowest BCUT2D eigenvalue weighted by Gasteiger charge is -2.34. The van der Waals surface area contributed by atoms with Gasteiger partial charge >= 0.3 is 0 Å². The fourth-order valence-electron chi connectivity index (χ4n) is 2.10.